The molecule has 0 bridgehead atoms. The van der Waals surface area contributed by atoms with Crippen LogP contribution in [0.5, 0.6) is 0 Å². The minimum absolute atomic E-state index is 0.0601. The summed E-state index contributed by atoms with van der Waals surface area (Å²) >= 11 is 0. The third-order valence-electron chi connectivity index (χ3n) is 3.23. The Hall–Kier alpha value is -1.56. The molecule has 3 heteroatoms. The molecule has 2 rings (SSSR count). The maximum Gasteiger partial charge on any atom is 0.266 e. The number of aromatic nitrogens is 1. The van der Waals surface area contributed by atoms with E-state index in [-0.39, 0.29) is 16.5 Å². The van der Waals surface area contributed by atoms with E-state index < -0.39 is 0 Å². The minimum atomic E-state index is -0.263. The number of rotatable bonds is 0. The lowest BCUT2D eigenvalue weighted by Gasteiger charge is -2.18. The molecule has 0 amide bonds. The smallest absolute Gasteiger partial charge is 0.266 e. The molecule has 1 aromatic heterocycles. The summed E-state index contributed by atoms with van der Waals surface area (Å²) in [4.78, 5) is 14.3. The van der Waals surface area contributed by atoms with Gasteiger partial charge in [-0.25, -0.2) is 0 Å². The van der Waals surface area contributed by atoms with E-state index in [1.54, 1.807) is 6.07 Å². The first-order chi connectivity index (χ1) is 6.95. The SMILES string of the molecule is CC1CC(C)(C)c2cc(C#N)c(=O)[nH]c21. The normalized spacial score (nSPS) is 22.1. The summed E-state index contributed by atoms with van der Waals surface area (Å²) in [7, 11) is 0. The second-order valence-corrected chi connectivity index (χ2v) is 4.94. The van der Waals surface area contributed by atoms with E-state index in [2.05, 4.69) is 25.8 Å². The predicted molar refractivity (Wildman–Crippen MR) is 57.8 cm³/mol. The molecule has 1 aromatic rings. The summed E-state index contributed by atoms with van der Waals surface area (Å²) in [6.45, 7) is 6.40. The van der Waals surface area contributed by atoms with Gasteiger partial charge < -0.3 is 4.98 Å². The summed E-state index contributed by atoms with van der Waals surface area (Å²) in [5.41, 5.74) is 2.14. The van der Waals surface area contributed by atoms with Crippen molar-refractivity contribution in [3.05, 3.63) is 33.2 Å². The van der Waals surface area contributed by atoms with E-state index in [1.807, 2.05) is 6.07 Å². The Bertz CT molecular complexity index is 505. The van der Waals surface area contributed by atoms with Crippen LogP contribution in [-0.4, -0.2) is 4.98 Å². The summed E-state index contributed by atoms with van der Waals surface area (Å²) in [5.74, 6) is 0.371. The van der Waals surface area contributed by atoms with Crippen LogP contribution in [0.15, 0.2) is 10.9 Å². The topological polar surface area (TPSA) is 56.6 Å². The minimum Gasteiger partial charge on any atom is -0.325 e. The van der Waals surface area contributed by atoms with Crippen molar-refractivity contribution < 1.29 is 0 Å². The second-order valence-electron chi connectivity index (χ2n) is 4.94. The number of H-pyrrole nitrogens is 1. The fourth-order valence-corrected chi connectivity index (χ4v) is 2.55. The van der Waals surface area contributed by atoms with Crippen LogP contribution in [-0.2, 0) is 5.41 Å². The van der Waals surface area contributed by atoms with Crippen LogP contribution in [0.3, 0.4) is 0 Å². The van der Waals surface area contributed by atoms with Gasteiger partial charge in [-0.3, -0.25) is 4.79 Å². The number of fused-ring (bicyclic) bond motifs is 1. The number of aromatic amines is 1. The van der Waals surface area contributed by atoms with Crippen molar-refractivity contribution in [3.63, 3.8) is 0 Å². The Kier molecular flexibility index (Phi) is 1.97. The van der Waals surface area contributed by atoms with Crippen LogP contribution in [0.2, 0.25) is 0 Å². The Morgan fingerprint density at radius 1 is 1.60 bits per heavy atom. The molecule has 1 atom stereocenters. The van der Waals surface area contributed by atoms with Crippen LogP contribution >= 0.6 is 0 Å². The Morgan fingerprint density at radius 2 is 2.27 bits per heavy atom. The molecule has 0 fully saturated rings. The standard InChI is InChI=1S/C12H14N2O/c1-7-5-12(2,3)9-4-8(6-13)11(15)14-10(7)9/h4,7H,5H2,1-3H3,(H,14,15). The number of nitrogens with zero attached hydrogens (tertiary/aromatic N) is 1. The molecular formula is C12H14N2O. The average molecular weight is 202 g/mol. The lowest BCUT2D eigenvalue weighted by molar-refractivity contribution is 0.488. The summed E-state index contributed by atoms with van der Waals surface area (Å²) < 4.78 is 0. The van der Waals surface area contributed by atoms with E-state index in [0.29, 0.717) is 5.92 Å². The van der Waals surface area contributed by atoms with Gasteiger partial charge in [0.15, 0.2) is 0 Å². The summed E-state index contributed by atoms with van der Waals surface area (Å²) in [5, 5.41) is 8.82. The molecule has 0 aliphatic heterocycles. The molecular weight excluding hydrogens is 188 g/mol. The molecule has 0 saturated heterocycles. The van der Waals surface area contributed by atoms with Gasteiger partial charge in [-0.05, 0) is 29.4 Å². The highest BCUT2D eigenvalue weighted by molar-refractivity contribution is 5.42. The largest absolute Gasteiger partial charge is 0.325 e. The molecule has 3 nitrogen and oxygen atoms in total. The van der Waals surface area contributed by atoms with Crippen LogP contribution in [0.25, 0.3) is 0 Å². The molecule has 1 unspecified atom stereocenters. The van der Waals surface area contributed by atoms with Crippen molar-refractivity contribution in [1.29, 1.82) is 5.26 Å². The van der Waals surface area contributed by atoms with Gasteiger partial charge in [0.2, 0.25) is 0 Å². The molecule has 1 aliphatic carbocycles. The molecule has 0 saturated carbocycles. The number of nitriles is 1. The number of nitrogens with one attached hydrogen (secondary N) is 1. The highest BCUT2D eigenvalue weighted by atomic mass is 16.1. The van der Waals surface area contributed by atoms with E-state index in [4.69, 9.17) is 5.26 Å². The third-order valence-corrected chi connectivity index (χ3v) is 3.23. The van der Waals surface area contributed by atoms with Gasteiger partial charge >= 0.3 is 0 Å². The molecule has 15 heavy (non-hydrogen) atoms. The van der Waals surface area contributed by atoms with Gasteiger partial charge in [0, 0.05) is 5.69 Å². The Balaban J connectivity index is 2.73. The van der Waals surface area contributed by atoms with Crippen LogP contribution < -0.4 is 5.56 Å². The predicted octanol–water partition coefficient (Wildman–Crippen LogP) is 2.03. The quantitative estimate of drug-likeness (QED) is 0.699. The van der Waals surface area contributed by atoms with Gasteiger partial charge in [0.25, 0.3) is 5.56 Å². The number of hydrogen-bond acceptors (Lipinski definition) is 2. The molecule has 0 spiro atoms. The summed E-state index contributed by atoms with van der Waals surface area (Å²) in [6.07, 6.45) is 1.02. The first-order valence-electron chi connectivity index (χ1n) is 5.13. The highest BCUT2D eigenvalue weighted by Crippen LogP contribution is 2.43. The average Bonchev–Trinajstić information content (AvgIpc) is 2.36. The van der Waals surface area contributed by atoms with E-state index in [9.17, 15) is 4.79 Å². The fourth-order valence-electron chi connectivity index (χ4n) is 2.55. The van der Waals surface area contributed by atoms with E-state index in [0.717, 1.165) is 17.7 Å². The number of pyridine rings is 1. The van der Waals surface area contributed by atoms with Crippen molar-refractivity contribution in [2.24, 2.45) is 0 Å². The van der Waals surface area contributed by atoms with Crippen LogP contribution in [0.4, 0.5) is 0 Å². The lowest BCUT2D eigenvalue weighted by atomic mass is 9.86. The van der Waals surface area contributed by atoms with Gasteiger partial charge in [0.05, 0.1) is 0 Å². The molecule has 1 aliphatic rings. The van der Waals surface area contributed by atoms with E-state index >= 15 is 0 Å². The molecule has 1 N–H and O–H groups in total. The van der Waals surface area contributed by atoms with E-state index in [1.165, 1.54) is 0 Å². The molecule has 0 radical (unpaired) electrons. The first-order valence-corrected chi connectivity index (χ1v) is 5.13. The zero-order chi connectivity index (χ0) is 11.2. The second kappa shape index (κ2) is 2.96. The molecule has 1 heterocycles. The van der Waals surface area contributed by atoms with Gasteiger partial charge in [-0.2, -0.15) is 5.26 Å². The van der Waals surface area contributed by atoms with Crippen molar-refractivity contribution in [2.75, 3.05) is 0 Å². The Morgan fingerprint density at radius 3 is 2.87 bits per heavy atom. The third kappa shape index (κ3) is 1.37. The van der Waals surface area contributed by atoms with Crippen LogP contribution in [0, 0.1) is 11.3 Å². The van der Waals surface area contributed by atoms with Crippen LogP contribution in [0.1, 0.15) is 49.9 Å². The van der Waals surface area contributed by atoms with Gasteiger partial charge in [0.1, 0.15) is 11.6 Å². The Labute approximate surface area is 88.8 Å². The summed E-state index contributed by atoms with van der Waals surface area (Å²) in [6, 6.07) is 3.68. The lowest BCUT2D eigenvalue weighted by Crippen LogP contribution is -2.17. The zero-order valence-electron chi connectivity index (χ0n) is 9.22. The molecule has 0 aromatic carbocycles. The molecule has 78 valence electrons. The fraction of sp³-hybridized carbons (Fsp3) is 0.500. The van der Waals surface area contributed by atoms with Crippen molar-refractivity contribution in [1.82, 2.24) is 4.98 Å². The van der Waals surface area contributed by atoms with Crippen molar-refractivity contribution >= 4 is 0 Å². The van der Waals surface area contributed by atoms with Gasteiger partial charge in [-0.15, -0.1) is 0 Å². The highest BCUT2D eigenvalue weighted by Gasteiger charge is 2.35. The first kappa shape index (κ1) is 9.97. The zero-order valence-corrected chi connectivity index (χ0v) is 9.22. The number of hydrogen-bond donors (Lipinski definition) is 1. The maximum absolute atomic E-state index is 11.5. The van der Waals surface area contributed by atoms with Crippen molar-refractivity contribution in [2.45, 2.75) is 38.5 Å². The van der Waals surface area contributed by atoms with Gasteiger partial charge in [-0.1, -0.05) is 20.8 Å². The maximum atomic E-state index is 11.5. The van der Waals surface area contributed by atoms with Crippen molar-refractivity contribution in [3.8, 4) is 6.07 Å². The monoisotopic (exact) mass is 202 g/mol.